The van der Waals surface area contributed by atoms with Crippen molar-refractivity contribution in [3.05, 3.63) is 0 Å². The van der Waals surface area contributed by atoms with E-state index in [1.54, 1.807) is 11.8 Å². The number of nitrogens with zero attached hydrogens (tertiary/aromatic N) is 1. The van der Waals surface area contributed by atoms with E-state index >= 15 is 0 Å². The van der Waals surface area contributed by atoms with Crippen LogP contribution in [-0.4, -0.2) is 41.1 Å². The topological polar surface area (TPSA) is 32.3 Å². The van der Waals surface area contributed by atoms with Gasteiger partial charge in [-0.15, -0.1) is 11.8 Å². The second-order valence-corrected chi connectivity index (χ2v) is 5.16. The van der Waals surface area contributed by atoms with Gasteiger partial charge >= 0.3 is 0 Å². The SMILES string of the molecule is CC1CSCC(=O)N1C1CCCCN1. The molecule has 0 aromatic carbocycles. The largest absolute Gasteiger partial charge is 0.323 e. The van der Waals surface area contributed by atoms with Gasteiger partial charge in [0.15, 0.2) is 0 Å². The van der Waals surface area contributed by atoms with Crippen LogP contribution in [0.1, 0.15) is 26.2 Å². The Labute approximate surface area is 89.6 Å². The number of hydrogen-bond donors (Lipinski definition) is 1. The number of hydrogen-bond acceptors (Lipinski definition) is 3. The van der Waals surface area contributed by atoms with Gasteiger partial charge in [-0.3, -0.25) is 10.1 Å². The molecule has 2 atom stereocenters. The van der Waals surface area contributed by atoms with Gasteiger partial charge in [-0.2, -0.15) is 0 Å². The zero-order chi connectivity index (χ0) is 9.97. The van der Waals surface area contributed by atoms with E-state index in [-0.39, 0.29) is 0 Å². The lowest BCUT2D eigenvalue weighted by Crippen LogP contribution is -2.57. The Kier molecular flexibility index (Phi) is 3.34. The van der Waals surface area contributed by atoms with Crippen LogP contribution in [0.2, 0.25) is 0 Å². The number of nitrogens with one attached hydrogen (secondary N) is 1. The highest BCUT2D eigenvalue weighted by molar-refractivity contribution is 8.00. The molecule has 3 nitrogen and oxygen atoms in total. The van der Waals surface area contributed by atoms with Crippen LogP contribution in [0.3, 0.4) is 0 Å². The van der Waals surface area contributed by atoms with Crippen LogP contribution in [0.15, 0.2) is 0 Å². The van der Waals surface area contributed by atoms with Gasteiger partial charge in [0.1, 0.15) is 0 Å². The van der Waals surface area contributed by atoms with E-state index in [1.165, 1.54) is 12.8 Å². The maximum absolute atomic E-state index is 11.8. The van der Waals surface area contributed by atoms with E-state index in [1.807, 2.05) is 0 Å². The van der Waals surface area contributed by atoms with Gasteiger partial charge in [0, 0.05) is 11.8 Å². The highest BCUT2D eigenvalue weighted by Gasteiger charge is 2.31. The van der Waals surface area contributed by atoms with E-state index in [4.69, 9.17) is 0 Å². The maximum atomic E-state index is 11.8. The van der Waals surface area contributed by atoms with Crippen molar-refractivity contribution in [1.82, 2.24) is 10.2 Å². The third kappa shape index (κ3) is 2.06. The summed E-state index contributed by atoms with van der Waals surface area (Å²) in [6.07, 6.45) is 3.94. The molecule has 14 heavy (non-hydrogen) atoms. The van der Waals surface area contributed by atoms with Gasteiger partial charge in [0.25, 0.3) is 0 Å². The first-order valence-electron chi connectivity index (χ1n) is 5.41. The van der Waals surface area contributed by atoms with Crippen molar-refractivity contribution in [3.63, 3.8) is 0 Å². The van der Waals surface area contributed by atoms with Gasteiger partial charge < -0.3 is 4.90 Å². The van der Waals surface area contributed by atoms with Crippen LogP contribution in [0.25, 0.3) is 0 Å². The molecule has 2 unspecified atom stereocenters. The number of thioether (sulfide) groups is 1. The molecule has 0 aromatic heterocycles. The summed E-state index contributed by atoms with van der Waals surface area (Å²) >= 11 is 1.76. The van der Waals surface area contributed by atoms with Crippen LogP contribution in [0, 0.1) is 0 Å². The zero-order valence-corrected chi connectivity index (χ0v) is 9.48. The van der Waals surface area contributed by atoms with Gasteiger partial charge in [-0.25, -0.2) is 0 Å². The lowest BCUT2D eigenvalue weighted by molar-refractivity contribution is -0.134. The third-order valence-corrected chi connectivity index (χ3v) is 4.14. The highest BCUT2D eigenvalue weighted by atomic mass is 32.2. The Hall–Kier alpha value is -0.220. The van der Waals surface area contributed by atoms with Crippen LogP contribution in [-0.2, 0) is 4.79 Å². The molecule has 80 valence electrons. The maximum Gasteiger partial charge on any atom is 0.234 e. The van der Waals surface area contributed by atoms with Crippen molar-refractivity contribution in [2.45, 2.75) is 38.4 Å². The smallest absolute Gasteiger partial charge is 0.234 e. The quantitative estimate of drug-likeness (QED) is 0.708. The summed E-state index contributed by atoms with van der Waals surface area (Å²) in [6.45, 7) is 3.22. The van der Waals surface area contributed by atoms with Crippen molar-refractivity contribution < 1.29 is 4.79 Å². The van der Waals surface area contributed by atoms with E-state index < -0.39 is 0 Å². The molecule has 2 fully saturated rings. The summed E-state index contributed by atoms with van der Waals surface area (Å²) in [5.74, 6) is 2.07. The molecule has 4 heteroatoms. The highest BCUT2D eigenvalue weighted by Crippen LogP contribution is 2.22. The predicted molar refractivity (Wildman–Crippen MR) is 59.3 cm³/mol. The molecule has 0 bridgehead atoms. The molecular weight excluding hydrogens is 196 g/mol. The van der Waals surface area contributed by atoms with Crippen LogP contribution >= 0.6 is 11.8 Å². The Balaban J connectivity index is 2.01. The molecule has 1 amide bonds. The van der Waals surface area contributed by atoms with Crippen molar-refractivity contribution >= 4 is 17.7 Å². The average molecular weight is 214 g/mol. The van der Waals surface area contributed by atoms with Crippen molar-refractivity contribution in [1.29, 1.82) is 0 Å². The first-order chi connectivity index (χ1) is 6.79. The lowest BCUT2D eigenvalue weighted by atomic mass is 10.1. The number of amides is 1. The molecular formula is C10H18N2OS. The molecule has 1 N–H and O–H groups in total. The molecule has 2 heterocycles. The second-order valence-electron chi connectivity index (χ2n) is 4.13. The first kappa shape index (κ1) is 10.3. The van der Waals surface area contributed by atoms with Crippen molar-refractivity contribution in [2.24, 2.45) is 0 Å². The lowest BCUT2D eigenvalue weighted by Gasteiger charge is -2.41. The fraction of sp³-hybridized carbons (Fsp3) is 0.900. The predicted octanol–water partition coefficient (Wildman–Crippen LogP) is 1.05. The minimum atomic E-state index is 0.312. The summed E-state index contributed by atoms with van der Waals surface area (Å²) in [7, 11) is 0. The Morgan fingerprint density at radius 1 is 1.50 bits per heavy atom. The fourth-order valence-electron chi connectivity index (χ4n) is 2.27. The van der Waals surface area contributed by atoms with Crippen LogP contribution < -0.4 is 5.32 Å². The molecule has 2 aliphatic rings. The van der Waals surface area contributed by atoms with Gasteiger partial charge in [-0.05, 0) is 32.7 Å². The molecule has 2 saturated heterocycles. The number of piperidine rings is 1. The summed E-state index contributed by atoms with van der Waals surface area (Å²) in [5, 5.41) is 3.45. The second kappa shape index (κ2) is 4.53. The Bertz CT molecular complexity index is 216. The first-order valence-corrected chi connectivity index (χ1v) is 6.57. The summed E-state index contributed by atoms with van der Waals surface area (Å²) in [6, 6.07) is 0.400. The van der Waals surface area contributed by atoms with Gasteiger partial charge in [0.2, 0.25) is 5.91 Å². The number of carbonyl (C=O) groups excluding carboxylic acids is 1. The Morgan fingerprint density at radius 3 is 3.00 bits per heavy atom. The third-order valence-electron chi connectivity index (χ3n) is 2.97. The monoisotopic (exact) mass is 214 g/mol. The van der Waals surface area contributed by atoms with Gasteiger partial charge in [0.05, 0.1) is 11.9 Å². The molecule has 0 aromatic rings. The molecule has 0 spiro atoms. The Morgan fingerprint density at radius 2 is 2.36 bits per heavy atom. The molecule has 0 radical (unpaired) electrons. The summed E-state index contributed by atoms with van der Waals surface area (Å²) < 4.78 is 0. The van der Waals surface area contributed by atoms with Crippen LogP contribution in [0.4, 0.5) is 0 Å². The number of carbonyl (C=O) groups is 1. The van der Waals surface area contributed by atoms with E-state index in [0.717, 1.165) is 18.7 Å². The minimum Gasteiger partial charge on any atom is -0.323 e. The standard InChI is InChI=1S/C10H18N2OS/c1-8-6-14-7-10(13)12(8)9-4-2-3-5-11-9/h8-9,11H,2-7H2,1H3. The van der Waals surface area contributed by atoms with Crippen LogP contribution in [0.5, 0.6) is 0 Å². The minimum absolute atomic E-state index is 0.312. The molecule has 2 rings (SSSR count). The number of rotatable bonds is 1. The molecule has 0 saturated carbocycles. The normalized spacial score (nSPS) is 34.6. The summed E-state index contributed by atoms with van der Waals surface area (Å²) in [4.78, 5) is 13.8. The van der Waals surface area contributed by atoms with E-state index in [0.29, 0.717) is 23.9 Å². The average Bonchev–Trinajstić information content (AvgIpc) is 2.19. The molecule has 0 aliphatic carbocycles. The van der Waals surface area contributed by atoms with Gasteiger partial charge in [-0.1, -0.05) is 0 Å². The van der Waals surface area contributed by atoms with E-state index in [9.17, 15) is 4.79 Å². The van der Waals surface area contributed by atoms with E-state index in [2.05, 4.69) is 17.1 Å². The molecule has 2 aliphatic heterocycles. The fourth-order valence-corrected chi connectivity index (χ4v) is 3.21. The summed E-state index contributed by atoms with van der Waals surface area (Å²) in [5.41, 5.74) is 0. The van der Waals surface area contributed by atoms with Crippen molar-refractivity contribution in [3.8, 4) is 0 Å². The zero-order valence-electron chi connectivity index (χ0n) is 8.66. The van der Waals surface area contributed by atoms with Crippen molar-refractivity contribution in [2.75, 3.05) is 18.1 Å².